The molecule has 0 fully saturated rings. The molecule has 8 heteroatoms. The number of rotatable bonds is 4. The van der Waals surface area contributed by atoms with Crippen molar-refractivity contribution >= 4 is 49.7 Å². The normalized spacial score (nSPS) is 18.2. The molecule has 1 aromatic heterocycles. The molecular weight excluding hydrogens is 399 g/mol. The molecule has 1 aliphatic heterocycles. The third kappa shape index (κ3) is 3.29. The zero-order valence-electron chi connectivity index (χ0n) is 10.3. The molecule has 1 aliphatic rings. The van der Waals surface area contributed by atoms with Crippen molar-refractivity contribution in [1.82, 2.24) is 4.90 Å². The van der Waals surface area contributed by atoms with Crippen LogP contribution in [0.5, 0.6) is 0 Å². The molecule has 2 N–H and O–H groups in total. The third-order valence-electron chi connectivity index (χ3n) is 3.00. The van der Waals surface area contributed by atoms with Gasteiger partial charge in [0.25, 0.3) is 5.91 Å². The lowest BCUT2D eigenvalue weighted by atomic mass is 10.3. The summed E-state index contributed by atoms with van der Waals surface area (Å²) in [7, 11) is -3.34. The molecule has 0 bridgehead atoms. The largest absolute Gasteiger partial charge is 0.337 e. The van der Waals surface area contributed by atoms with E-state index in [0.29, 0.717) is 18.0 Å². The molecule has 0 aliphatic carbocycles. The van der Waals surface area contributed by atoms with Crippen LogP contribution >= 0.6 is 33.9 Å². The molecule has 2 rings (SSSR count). The van der Waals surface area contributed by atoms with Crippen LogP contribution in [-0.4, -0.2) is 44.6 Å². The first-order valence-corrected chi connectivity index (χ1v) is 9.52. The summed E-state index contributed by atoms with van der Waals surface area (Å²) in [5.74, 6) is -0.165. The van der Waals surface area contributed by atoms with E-state index in [2.05, 4.69) is 0 Å². The third-order valence-corrected chi connectivity index (χ3v) is 6.72. The molecule has 0 spiro atoms. The van der Waals surface area contributed by atoms with Crippen molar-refractivity contribution < 1.29 is 13.2 Å². The molecule has 0 saturated heterocycles. The van der Waals surface area contributed by atoms with E-state index in [-0.39, 0.29) is 23.1 Å². The van der Waals surface area contributed by atoms with E-state index in [1.807, 2.05) is 22.6 Å². The Bertz CT molecular complexity index is 583. The number of amides is 1. The van der Waals surface area contributed by atoms with Crippen LogP contribution in [0.2, 0.25) is 0 Å². The number of hydrogen-bond donors (Lipinski definition) is 1. The first-order chi connectivity index (χ1) is 8.95. The quantitative estimate of drug-likeness (QED) is 0.596. The van der Waals surface area contributed by atoms with E-state index in [4.69, 9.17) is 5.73 Å². The van der Waals surface area contributed by atoms with Crippen molar-refractivity contribution in [2.45, 2.75) is 17.7 Å². The fraction of sp³-hybridized carbons (Fsp3) is 0.545. The van der Waals surface area contributed by atoms with Gasteiger partial charge in [0, 0.05) is 13.1 Å². The van der Waals surface area contributed by atoms with Gasteiger partial charge in [-0.2, -0.15) is 0 Å². The standard InChI is InChI=1S/C11H15IN2O3S2/c12-9-7-8-10(18-9)11(15)14(4-2-1-3-13)5-6-19(8,16)17/h7H,1-6,13H2. The second-order valence-electron chi connectivity index (χ2n) is 4.35. The fourth-order valence-electron chi connectivity index (χ4n) is 1.97. The van der Waals surface area contributed by atoms with Crippen molar-refractivity contribution in [3.05, 3.63) is 13.8 Å². The van der Waals surface area contributed by atoms with Gasteiger partial charge in [0.2, 0.25) is 0 Å². The first kappa shape index (κ1) is 15.2. The molecular formula is C11H15IN2O3S2. The van der Waals surface area contributed by atoms with Crippen molar-refractivity contribution in [2.24, 2.45) is 5.73 Å². The van der Waals surface area contributed by atoms with E-state index in [9.17, 15) is 13.2 Å². The minimum atomic E-state index is -3.34. The van der Waals surface area contributed by atoms with E-state index < -0.39 is 9.84 Å². The van der Waals surface area contributed by atoms with Gasteiger partial charge in [-0.05, 0) is 48.0 Å². The average molecular weight is 414 g/mol. The van der Waals surface area contributed by atoms with Crippen LogP contribution in [0, 0.1) is 2.88 Å². The Morgan fingerprint density at radius 2 is 2.16 bits per heavy atom. The van der Waals surface area contributed by atoms with E-state index in [0.717, 1.165) is 15.7 Å². The van der Waals surface area contributed by atoms with Gasteiger partial charge in [0.15, 0.2) is 9.84 Å². The number of hydrogen-bond acceptors (Lipinski definition) is 5. The van der Waals surface area contributed by atoms with Gasteiger partial charge in [-0.25, -0.2) is 8.42 Å². The lowest BCUT2D eigenvalue weighted by Crippen LogP contribution is -2.33. The highest BCUT2D eigenvalue weighted by Crippen LogP contribution is 2.31. The lowest BCUT2D eigenvalue weighted by Gasteiger charge is -2.19. The first-order valence-electron chi connectivity index (χ1n) is 5.97. The number of carbonyl (C=O) groups excluding carboxylic acids is 1. The minimum Gasteiger partial charge on any atom is -0.337 e. The van der Waals surface area contributed by atoms with E-state index >= 15 is 0 Å². The fourth-order valence-corrected chi connectivity index (χ4v) is 5.83. The maximum atomic E-state index is 12.4. The van der Waals surface area contributed by atoms with Crippen molar-refractivity contribution in [2.75, 3.05) is 25.4 Å². The van der Waals surface area contributed by atoms with Gasteiger partial charge >= 0.3 is 0 Å². The number of sulfone groups is 1. The molecule has 1 aromatic rings. The zero-order chi connectivity index (χ0) is 14.0. The molecule has 0 unspecified atom stereocenters. The van der Waals surface area contributed by atoms with E-state index in [1.54, 1.807) is 11.0 Å². The van der Waals surface area contributed by atoms with Crippen molar-refractivity contribution in [3.63, 3.8) is 0 Å². The molecule has 19 heavy (non-hydrogen) atoms. The predicted octanol–water partition coefficient (Wildman–Crippen LogP) is 1.32. The van der Waals surface area contributed by atoms with Gasteiger partial charge < -0.3 is 10.6 Å². The number of fused-ring (bicyclic) bond motifs is 1. The van der Waals surface area contributed by atoms with Crippen LogP contribution in [0.25, 0.3) is 0 Å². The Balaban J connectivity index is 2.29. The van der Waals surface area contributed by atoms with Crippen LogP contribution in [0.1, 0.15) is 22.5 Å². The number of halogens is 1. The second kappa shape index (κ2) is 6.06. The highest BCUT2D eigenvalue weighted by molar-refractivity contribution is 14.1. The van der Waals surface area contributed by atoms with Gasteiger partial charge in [-0.3, -0.25) is 4.79 Å². The molecule has 0 radical (unpaired) electrons. The van der Waals surface area contributed by atoms with Gasteiger partial charge in [0.1, 0.15) is 4.88 Å². The topological polar surface area (TPSA) is 80.5 Å². The monoisotopic (exact) mass is 414 g/mol. The maximum absolute atomic E-state index is 12.4. The van der Waals surface area contributed by atoms with Gasteiger partial charge in [0.05, 0.1) is 13.5 Å². The zero-order valence-corrected chi connectivity index (χ0v) is 14.1. The van der Waals surface area contributed by atoms with Crippen LogP contribution in [0.3, 0.4) is 0 Å². The van der Waals surface area contributed by atoms with Gasteiger partial charge in [-0.1, -0.05) is 0 Å². The molecule has 0 aromatic carbocycles. The second-order valence-corrected chi connectivity index (χ2v) is 9.37. The number of thiophene rings is 1. The van der Waals surface area contributed by atoms with Crippen LogP contribution in [-0.2, 0) is 9.84 Å². The van der Waals surface area contributed by atoms with Crippen LogP contribution in [0.15, 0.2) is 11.0 Å². The van der Waals surface area contributed by atoms with Crippen LogP contribution in [0.4, 0.5) is 0 Å². The summed E-state index contributed by atoms with van der Waals surface area (Å²) in [5.41, 5.74) is 5.43. The number of carbonyl (C=O) groups is 1. The number of unbranched alkanes of at least 4 members (excludes halogenated alkanes) is 1. The average Bonchev–Trinajstić information content (AvgIpc) is 2.72. The maximum Gasteiger partial charge on any atom is 0.265 e. The SMILES string of the molecule is NCCCCN1CCS(=O)(=O)c2cc(I)sc2C1=O. The van der Waals surface area contributed by atoms with E-state index in [1.165, 1.54) is 11.3 Å². The highest BCUT2D eigenvalue weighted by atomic mass is 127. The Morgan fingerprint density at radius 1 is 1.42 bits per heavy atom. The summed E-state index contributed by atoms with van der Waals surface area (Å²) in [6.45, 7) is 1.42. The predicted molar refractivity (Wildman–Crippen MR) is 83.3 cm³/mol. The van der Waals surface area contributed by atoms with Crippen molar-refractivity contribution in [1.29, 1.82) is 0 Å². The van der Waals surface area contributed by atoms with Gasteiger partial charge in [-0.15, -0.1) is 11.3 Å². The summed E-state index contributed by atoms with van der Waals surface area (Å²) in [6, 6.07) is 1.59. The molecule has 106 valence electrons. The molecule has 0 saturated carbocycles. The van der Waals surface area contributed by atoms with Crippen molar-refractivity contribution in [3.8, 4) is 0 Å². The lowest BCUT2D eigenvalue weighted by molar-refractivity contribution is 0.0767. The summed E-state index contributed by atoms with van der Waals surface area (Å²) < 4.78 is 25.1. The van der Waals surface area contributed by atoms with Crippen LogP contribution < -0.4 is 5.73 Å². The minimum absolute atomic E-state index is 0.00117. The summed E-state index contributed by atoms with van der Waals surface area (Å²) in [5, 5.41) is 0. The molecule has 2 heterocycles. The number of nitrogens with zero attached hydrogens (tertiary/aromatic N) is 1. The molecule has 5 nitrogen and oxygen atoms in total. The molecule has 0 atom stereocenters. The summed E-state index contributed by atoms with van der Waals surface area (Å²) in [4.78, 5) is 14.6. The Morgan fingerprint density at radius 3 is 2.84 bits per heavy atom. The Kier molecular flexibility index (Phi) is 4.85. The summed E-state index contributed by atoms with van der Waals surface area (Å²) >= 11 is 3.30. The smallest absolute Gasteiger partial charge is 0.265 e. The molecule has 1 amide bonds. The highest BCUT2D eigenvalue weighted by Gasteiger charge is 2.32. The number of nitrogens with two attached hydrogens (primary N) is 1. The Labute approximate surface area is 130 Å². The Hall–Kier alpha value is -0.190. The summed E-state index contributed by atoms with van der Waals surface area (Å²) in [6.07, 6.45) is 1.64.